The van der Waals surface area contributed by atoms with E-state index in [1.807, 2.05) is 0 Å². The lowest BCUT2D eigenvalue weighted by atomic mass is 9.82. The van der Waals surface area contributed by atoms with Gasteiger partial charge in [0, 0.05) is 30.8 Å². The van der Waals surface area contributed by atoms with Gasteiger partial charge in [-0.1, -0.05) is 12.1 Å². The summed E-state index contributed by atoms with van der Waals surface area (Å²) < 4.78 is 13.0. The van der Waals surface area contributed by atoms with Gasteiger partial charge in [-0.2, -0.15) is 0 Å². The lowest BCUT2D eigenvalue weighted by Crippen LogP contribution is -2.44. The molecule has 0 fully saturated rings. The number of carbonyl (C=O) groups excluding carboxylic acids is 2. The average molecular weight is 282 g/mol. The highest BCUT2D eigenvalue weighted by atomic mass is 19.1. The van der Waals surface area contributed by atoms with Crippen molar-refractivity contribution in [3.63, 3.8) is 0 Å². The normalized spacial score (nSPS) is 15.3. The fourth-order valence-electron chi connectivity index (χ4n) is 2.22. The average Bonchev–Trinajstić information content (AvgIpc) is 2.30. The SMILES string of the molecule is NC(=O)CC(N)C(c1ccc(F)cc1)C(N)CC(N)=O. The minimum absolute atomic E-state index is 0.0888. The molecule has 6 nitrogen and oxygen atoms in total. The molecule has 1 rings (SSSR count). The van der Waals surface area contributed by atoms with Crippen LogP contribution in [0.15, 0.2) is 24.3 Å². The van der Waals surface area contributed by atoms with Crippen molar-refractivity contribution in [1.29, 1.82) is 0 Å². The molecule has 0 radical (unpaired) electrons. The van der Waals surface area contributed by atoms with Crippen LogP contribution in [0.25, 0.3) is 0 Å². The zero-order valence-corrected chi connectivity index (χ0v) is 11.0. The van der Waals surface area contributed by atoms with Crippen LogP contribution in [-0.2, 0) is 9.59 Å². The summed E-state index contributed by atoms with van der Waals surface area (Å²) in [5, 5.41) is 0. The summed E-state index contributed by atoms with van der Waals surface area (Å²) in [6, 6.07) is 4.20. The monoisotopic (exact) mass is 282 g/mol. The second-order valence-corrected chi connectivity index (χ2v) is 4.75. The van der Waals surface area contributed by atoms with Crippen LogP contribution in [0.1, 0.15) is 24.3 Å². The smallest absolute Gasteiger partial charge is 0.218 e. The summed E-state index contributed by atoms with van der Waals surface area (Å²) in [7, 11) is 0. The van der Waals surface area contributed by atoms with Gasteiger partial charge >= 0.3 is 0 Å². The van der Waals surface area contributed by atoms with Crippen LogP contribution in [0.5, 0.6) is 0 Å². The minimum atomic E-state index is -0.674. The molecule has 7 heteroatoms. The standard InChI is InChI=1S/C13H19FN4O2/c14-8-3-1-7(2-4-8)13(9(15)5-11(17)19)10(16)6-12(18)20/h1-4,9-10,13H,5-6,15-16H2,(H2,17,19)(H2,18,20). The van der Waals surface area contributed by atoms with Crippen LogP contribution >= 0.6 is 0 Å². The summed E-state index contributed by atoms with van der Waals surface area (Å²) >= 11 is 0. The third-order valence-corrected chi connectivity index (χ3v) is 3.05. The third-order valence-electron chi connectivity index (χ3n) is 3.05. The molecule has 0 saturated carbocycles. The first-order valence-electron chi connectivity index (χ1n) is 6.14. The molecular weight excluding hydrogens is 263 g/mol. The molecule has 2 amide bonds. The number of nitrogens with two attached hydrogens (primary N) is 4. The minimum Gasteiger partial charge on any atom is -0.370 e. The molecule has 2 unspecified atom stereocenters. The topological polar surface area (TPSA) is 138 Å². The Morgan fingerprint density at radius 3 is 1.70 bits per heavy atom. The van der Waals surface area contributed by atoms with Crippen LogP contribution in [-0.4, -0.2) is 23.9 Å². The molecule has 0 aromatic heterocycles. The molecule has 8 N–H and O–H groups in total. The van der Waals surface area contributed by atoms with Crippen LogP contribution in [0.3, 0.4) is 0 Å². The van der Waals surface area contributed by atoms with Gasteiger partial charge in [-0.15, -0.1) is 0 Å². The van der Waals surface area contributed by atoms with Crippen molar-refractivity contribution >= 4 is 11.8 Å². The number of carbonyl (C=O) groups is 2. The van der Waals surface area contributed by atoms with Gasteiger partial charge in [0.2, 0.25) is 11.8 Å². The summed E-state index contributed by atoms with van der Waals surface area (Å²) in [5.74, 6) is -2.07. The van der Waals surface area contributed by atoms with Crippen LogP contribution in [0, 0.1) is 5.82 Å². The number of hydrogen-bond donors (Lipinski definition) is 4. The first-order chi connectivity index (χ1) is 9.31. The highest BCUT2D eigenvalue weighted by Gasteiger charge is 2.28. The van der Waals surface area contributed by atoms with Crippen molar-refractivity contribution in [3.8, 4) is 0 Å². The van der Waals surface area contributed by atoms with Gasteiger partial charge < -0.3 is 22.9 Å². The predicted octanol–water partition coefficient (Wildman–Crippen LogP) is -0.685. The Kier molecular flexibility index (Phi) is 5.60. The summed E-state index contributed by atoms with van der Waals surface area (Å²) in [6.45, 7) is 0. The Bertz CT molecular complexity index is 456. The third kappa shape index (κ3) is 4.60. The summed E-state index contributed by atoms with van der Waals surface area (Å²) in [6.07, 6.45) is -0.178. The Morgan fingerprint density at radius 1 is 0.950 bits per heavy atom. The lowest BCUT2D eigenvalue weighted by molar-refractivity contribution is -0.118. The maximum absolute atomic E-state index is 13.0. The number of rotatable bonds is 7. The van der Waals surface area contributed by atoms with Gasteiger partial charge in [0.25, 0.3) is 0 Å². The van der Waals surface area contributed by atoms with Gasteiger partial charge in [0.05, 0.1) is 0 Å². The first kappa shape index (κ1) is 16.1. The fraction of sp³-hybridized carbons (Fsp3) is 0.385. The van der Waals surface area contributed by atoms with E-state index in [2.05, 4.69) is 0 Å². The van der Waals surface area contributed by atoms with Gasteiger partial charge in [0.1, 0.15) is 5.82 Å². The maximum Gasteiger partial charge on any atom is 0.218 e. The summed E-state index contributed by atoms with van der Waals surface area (Å²) in [4.78, 5) is 22.0. The van der Waals surface area contributed by atoms with Crippen LogP contribution in [0.2, 0.25) is 0 Å². The van der Waals surface area contributed by atoms with Gasteiger partial charge in [-0.25, -0.2) is 4.39 Å². The van der Waals surface area contributed by atoms with Crippen LogP contribution < -0.4 is 22.9 Å². The number of amides is 2. The van der Waals surface area contributed by atoms with Crippen molar-refractivity contribution in [3.05, 3.63) is 35.6 Å². The Balaban J connectivity index is 3.02. The molecule has 1 aromatic carbocycles. The lowest BCUT2D eigenvalue weighted by Gasteiger charge is -2.28. The molecule has 0 aliphatic rings. The van der Waals surface area contributed by atoms with E-state index in [0.29, 0.717) is 5.56 Å². The molecule has 0 spiro atoms. The second-order valence-electron chi connectivity index (χ2n) is 4.75. The molecule has 0 saturated heterocycles. The van der Waals surface area contributed by atoms with E-state index in [0.717, 1.165) is 0 Å². The molecule has 1 aromatic rings. The van der Waals surface area contributed by atoms with E-state index in [4.69, 9.17) is 22.9 Å². The largest absolute Gasteiger partial charge is 0.370 e. The Morgan fingerprint density at radius 2 is 1.35 bits per heavy atom. The molecule has 0 bridgehead atoms. The van der Waals surface area contributed by atoms with Gasteiger partial charge in [0.15, 0.2) is 0 Å². The number of benzene rings is 1. The zero-order chi connectivity index (χ0) is 15.3. The highest BCUT2D eigenvalue weighted by Crippen LogP contribution is 2.25. The fourth-order valence-corrected chi connectivity index (χ4v) is 2.22. The maximum atomic E-state index is 13.0. The molecule has 2 atom stereocenters. The highest BCUT2D eigenvalue weighted by molar-refractivity contribution is 5.75. The van der Waals surface area contributed by atoms with E-state index < -0.39 is 35.6 Å². The summed E-state index contributed by atoms with van der Waals surface area (Å²) in [5.41, 5.74) is 22.8. The molecule has 20 heavy (non-hydrogen) atoms. The van der Waals surface area contributed by atoms with Crippen molar-refractivity contribution in [2.75, 3.05) is 0 Å². The number of halogens is 1. The van der Waals surface area contributed by atoms with Crippen molar-refractivity contribution in [2.45, 2.75) is 30.8 Å². The number of hydrogen-bond acceptors (Lipinski definition) is 4. The Labute approximate surface area is 116 Å². The molecule has 0 aliphatic carbocycles. The molecule has 0 heterocycles. The Hall–Kier alpha value is -1.99. The van der Waals surface area contributed by atoms with E-state index in [-0.39, 0.29) is 12.8 Å². The number of primary amides is 2. The quantitative estimate of drug-likeness (QED) is 0.526. The molecule has 0 aliphatic heterocycles. The van der Waals surface area contributed by atoms with Crippen molar-refractivity contribution < 1.29 is 14.0 Å². The second kappa shape index (κ2) is 6.97. The first-order valence-corrected chi connectivity index (χ1v) is 6.14. The molecular formula is C13H19FN4O2. The van der Waals surface area contributed by atoms with Gasteiger partial charge in [-0.05, 0) is 17.7 Å². The predicted molar refractivity (Wildman–Crippen MR) is 72.7 cm³/mol. The van der Waals surface area contributed by atoms with Gasteiger partial charge in [-0.3, -0.25) is 9.59 Å². The van der Waals surface area contributed by atoms with E-state index in [1.54, 1.807) is 0 Å². The van der Waals surface area contributed by atoms with E-state index >= 15 is 0 Å². The van der Waals surface area contributed by atoms with Crippen molar-refractivity contribution in [1.82, 2.24) is 0 Å². The van der Waals surface area contributed by atoms with E-state index in [1.165, 1.54) is 24.3 Å². The zero-order valence-electron chi connectivity index (χ0n) is 11.0. The van der Waals surface area contributed by atoms with Crippen molar-refractivity contribution in [2.24, 2.45) is 22.9 Å². The van der Waals surface area contributed by atoms with E-state index in [9.17, 15) is 14.0 Å². The van der Waals surface area contributed by atoms with Crippen LogP contribution in [0.4, 0.5) is 4.39 Å². The molecule has 110 valence electrons.